The van der Waals surface area contributed by atoms with Gasteiger partial charge in [-0.2, -0.15) is 0 Å². The Bertz CT molecular complexity index is 410. The van der Waals surface area contributed by atoms with E-state index >= 15 is 0 Å². The smallest absolute Gasteiger partial charge is 0.0716 e. The lowest BCUT2D eigenvalue weighted by molar-refractivity contribution is 0.134. The second-order valence-corrected chi connectivity index (χ2v) is 6.30. The van der Waals surface area contributed by atoms with Gasteiger partial charge < -0.3 is 4.74 Å². The molecule has 1 saturated carbocycles. The van der Waals surface area contributed by atoms with Crippen molar-refractivity contribution < 1.29 is 4.74 Å². The minimum Gasteiger partial charge on any atom is -0.377 e. The van der Waals surface area contributed by atoms with Crippen LogP contribution in [-0.2, 0) is 17.8 Å². The zero-order valence-electron chi connectivity index (χ0n) is 13.7. The van der Waals surface area contributed by atoms with Crippen molar-refractivity contribution in [3.63, 3.8) is 0 Å². The number of allylic oxidation sites excluding steroid dienone is 2. The molecule has 0 aliphatic heterocycles. The summed E-state index contributed by atoms with van der Waals surface area (Å²) < 4.78 is 5.44. The normalized spacial score (nSPS) is 22.8. The lowest BCUT2D eigenvalue weighted by Gasteiger charge is -2.26. The molecule has 1 aliphatic rings. The highest BCUT2D eigenvalue weighted by molar-refractivity contribution is 5.22. The molecule has 0 radical (unpaired) electrons. The van der Waals surface area contributed by atoms with Crippen LogP contribution in [0.5, 0.6) is 0 Å². The summed E-state index contributed by atoms with van der Waals surface area (Å²) in [5.74, 6) is 1.79. The van der Waals surface area contributed by atoms with Gasteiger partial charge in [0.05, 0.1) is 6.61 Å². The van der Waals surface area contributed by atoms with Crippen molar-refractivity contribution in [3.05, 3.63) is 47.5 Å². The maximum atomic E-state index is 5.44. The van der Waals surface area contributed by atoms with Crippen LogP contribution in [0.4, 0.5) is 0 Å². The van der Waals surface area contributed by atoms with Gasteiger partial charge in [0.1, 0.15) is 0 Å². The first kappa shape index (κ1) is 16.3. The molecule has 1 nitrogen and oxygen atoms in total. The zero-order chi connectivity index (χ0) is 14.9. The molecule has 116 valence electrons. The van der Waals surface area contributed by atoms with E-state index in [0.29, 0.717) is 0 Å². The Labute approximate surface area is 130 Å². The van der Waals surface area contributed by atoms with Crippen molar-refractivity contribution in [1.82, 2.24) is 0 Å². The molecule has 1 aromatic rings. The van der Waals surface area contributed by atoms with E-state index in [4.69, 9.17) is 4.74 Å². The van der Waals surface area contributed by atoms with Gasteiger partial charge in [0.2, 0.25) is 0 Å². The van der Waals surface area contributed by atoms with Crippen molar-refractivity contribution in [1.29, 1.82) is 0 Å². The Hall–Kier alpha value is -1.08. The Morgan fingerprint density at radius 2 is 1.71 bits per heavy atom. The van der Waals surface area contributed by atoms with E-state index in [-0.39, 0.29) is 0 Å². The maximum Gasteiger partial charge on any atom is 0.0716 e. The molecule has 1 heteroatoms. The third-order valence-corrected chi connectivity index (χ3v) is 4.69. The molecule has 2 rings (SSSR count). The van der Waals surface area contributed by atoms with Crippen LogP contribution in [0, 0.1) is 11.8 Å². The Kier molecular flexibility index (Phi) is 7.02. The fraction of sp³-hybridized carbons (Fsp3) is 0.600. The van der Waals surface area contributed by atoms with Crippen LogP contribution in [0.2, 0.25) is 0 Å². The number of hydrogen-bond donors (Lipinski definition) is 0. The molecule has 0 aromatic heterocycles. The number of rotatable bonds is 7. The third kappa shape index (κ3) is 5.67. The summed E-state index contributed by atoms with van der Waals surface area (Å²) in [6.07, 6.45) is 12.8. The molecular weight excluding hydrogens is 256 g/mol. The lowest BCUT2D eigenvalue weighted by atomic mass is 9.79. The van der Waals surface area contributed by atoms with Gasteiger partial charge in [-0.15, -0.1) is 0 Å². The fourth-order valence-corrected chi connectivity index (χ4v) is 3.33. The first-order valence-electron chi connectivity index (χ1n) is 8.60. The highest BCUT2D eigenvalue weighted by Crippen LogP contribution is 2.32. The molecule has 0 atom stereocenters. The van der Waals surface area contributed by atoms with E-state index in [2.05, 4.69) is 43.3 Å². The van der Waals surface area contributed by atoms with E-state index in [9.17, 15) is 0 Å². The van der Waals surface area contributed by atoms with E-state index in [1.807, 2.05) is 6.92 Å². The molecule has 0 saturated heterocycles. The van der Waals surface area contributed by atoms with Gasteiger partial charge in [-0.1, -0.05) is 36.4 Å². The molecule has 1 fully saturated rings. The van der Waals surface area contributed by atoms with E-state index in [1.165, 1.54) is 49.7 Å². The van der Waals surface area contributed by atoms with E-state index in [1.54, 1.807) is 0 Å². The molecule has 1 aromatic carbocycles. The monoisotopic (exact) mass is 286 g/mol. The van der Waals surface area contributed by atoms with Crippen LogP contribution in [0.15, 0.2) is 36.4 Å². The minimum atomic E-state index is 0.742. The molecule has 0 N–H and O–H groups in total. The second kappa shape index (κ2) is 9.04. The van der Waals surface area contributed by atoms with Crippen LogP contribution < -0.4 is 0 Å². The molecule has 0 unspecified atom stereocenters. The van der Waals surface area contributed by atoms with E-state index < -0.39 is 0 Å². The second-order valence-electron chi connectivity index (χ2n) is 6.30. The van der Waals surface area contributed by atoms with Crippen molar-refractivity contribution in [2.24, 2.45) is 11.8 Å². The quantitative estimate of drug-likeness (QED) is 0.598. The minimum absolute atomic E-state index is 0.742. The standard InChI is InChI=1S/C20H30O/c1-3-5-17-6-8-18(9-7-17)10-11-19-12-14-20(15-13-19)16-21-4-2/h3,5,12-15,17-18H,4,6-11,16H2,1-2H3/b5-3+. The summed E-state index contributed by atoms with van der Waals surface area (Å²) >= 11 is 0. The largest absolute Gasteiger partial charge is 0.377 e. The van der Waals surface area contributed by atoms with Crippen molar-refractivity contribution in [3.8, 4) is 0 Å². The molecular formula is C20H30O. The summed E-state index contributed by atoms with van der Waals surface area (Å²) in [7, 11) is 0. The van der Waals surface area contributed by atoms with Gasteiger partial charge in [0, 0.05) is 6.61 Å². The van der Waals surface area contributed by atoms with Gasteiger partial charge >= 0.3 is 0 Å². The third-order valence-electron chi connectivity index (χ3n) is 4.69. The number of aryl methyl sites for hydroxylation is 1. The predicted molar refractivity (Wildman–Crippen MR) is 90.4 cm³/mol. The van der Waals surface area contributed by atoms with Gasteiger partial charge in [-0.3, -0.25) is 0 Å². The fourth-order valence-electron chi connectivity index (χ4n) is 3.33. The molecule has 0 bridgehead atoms. The summed E-state index contributed by atoms with van der Waals surface area (Å²) in [4.78, 5) is 0. The first-order valence-corrected chi connectivity index (χ1v) is 8.60. The SMILES string of the molecule is C/C=C/C1CCC(CCc2ccc(COCC)cc2)CC1. The number of ether oxygens (including phenoxy) is 1. The lowest BCUT2D eigenvalue weighted by Crippen LogP contribution is -2.13. The maximum absolute atomic E-state index is 5.44. The topological polar surface area (TPSA) is 9.23 Å². The number of hydrogen-bond acceptors (Lipinski definition) is 1. The van der Waals surface area contributed by atoms with Crippen LogP contribution in [-0.4, -0.2) is 6.61 Å². The summed E-state index contributed by atoms with van der Waals surface area (Å²) in [6, 6.07) is 8.99. The Morgan fingerprint density at radius 3 is 2.33 bits per heavy atom. The Balaban J connectivity index is 1.71. The highest BCUT2D eigenvalue weighted by atomic mass is 16.5. The van der Waals surface area contributed by atoms with Gasteiger partial charge in [-0.25, -0.2) is 0 Å². The average Bonchev–Trinajstić information content (AvgIpc) is 2.53. The van der Waals surface area contributed by atoms with Crippen molar-refractivity contribution in [2.45, 2.75) is 59.0 Å². The molecule has 0 spiro atoms. The van der Waals surface area contributed by atoms with Crippen molar-refractivity contribution in [2.75, 3.05) is 6.61 Å². The average molecular weight is 286 g/mol. The Morgan fingerprint density at radius 1 is 1.05 bits per heavy atom. The molecule has 0 heterocycles. The van der Waals surface area contributed by atoms with Gasteiger partial charge in [-0.05, 0) is 75.3 Å². The van der Waals surface area contributed by atoms with Gasteiger partial charge in [0.15, 0.2) is 0 Å². The molecule has 0 amide bonds. The van der Waals surface area contributed by atoms with Crippen LogP contribution >= 0.6 is 0 Å². The van der Waals surface area contributed by atoms with E-state index in [0.717, 1.165) is 25.0 Å². The molecule has 21 heavy (non-hydrogen) atoms. The highest BCUT2D eigenvalue weighted by Gasteiger charge is 2.18. The van der Waals surface area contributed by atoms with Crippen LogP contribution in [0.25, 0.3) is 0 Å². The molecule has 1 aliphatic carbocycles. The predicted octanol–water partition coefficient (Wildman–Crippen LogP) is 5.54. The summed E-state index contributed by atoms with van der Waals surface area (Å²) in [6.45, 7) is 5.71. The van der Waals surface area contributed by atoms with Crippen LogP contribution in [0.1, 0.15) is 57.1 Å². The van der Waals surface area contributed by atoms with Crippen LogP contribution in [0.3, 0.4) is 0 Å². The summed E-state index contributed by atoms with van der Waals surface area (Å²) in [5.41, 5.74) is 2.76. The van der Waals surface area contributed by atoms with Crippen molar-refractivity contribution >= 4 is 0 Å². The summed E-state index contributed by atoms with van der Waals surface area (Å²) in [5, 5.41) is 0. The van der Waals surface area contributed by atoms with Gasteiger partial charge in [0.25, 0.3) is 0 Å². The zero-order valence-corrected chi connectivity index (χ0v) is 13.7. The number of benzene rings is 1. The first-order chi connectivity index (χ1) is 10.3.